The molecule has 46 valence electrons. The van der Waals surface area contributed by atoms with E-state index in [1.54, 1.807) is 0 Å². The van der Waals surface area contributed by atoms with Gasteiger partial charge < -0.3 is 9.11 Å². The third-order valence-corrected chi connectivity index (χ3v) is 0. The van der Waals surface area contributed by atoms with Crippen LogP contribution >= 0.6 is 0 Å². The molecule has 0 radical (unpaired) electrons. The van der Waals surface area contributed by atoms with Gasteiger partial charge in [-0.2, -0.15) is 0 Å². The third kappa shape index (κ3) is 206. The Labute approximate surface area is 61.9 Å². The first-order valence-corrected chi connectivity index (χ1v) is 2.00. The second-order valence-corrected chi connectivity index (χ2v) is 1.22. The van der Waals surface area contributed by atoms with E-state index in [1.807, 2.05) is 0 Å². The van der Waals surface area contributed by atoms with Crippen molar-refractivity contribution in [1.29, 1.82) is 0 Å². The quantitative estimate of drug-likeness (QED) is 0.236. The van der Waals surface area contributed by atoms with Crippen molar-refractivity contribution in [3.63, 3.8) is 0 Å². The van der Waals surface area contributed by atoms with Crippen molar-refractivity contribution in [2.75, 3.05) is 0 Å². The van der Waals surface area contributed by atoms with Crippen LogP contribution in [0, 0.1) is 0 Å². The van der Waals surface area contributed by atoms with Gasteiger partial charge in [-0.15, -0.1) is 0 Å². The summed E-state index contributed by atoms with van der Waals surface area (Å²) in [4.78, 5) is 0. The van der Waals surface area contributed by atoms with Crippen molar-refractivity contribution in [2.24, 2.45) is 0 Å². The monoisotopic (exact) mass is 184 g/mol. The van der Waals surface area contributed by atoms with Crippen LogP contribution in [-0.2, 0) is 26.9 Å². The minimum absolute atomic E-state index is 0. The van der Waals surface area contributed by atoms with Gasteiger partial charge in [0.05, 0.1) is 0 Å². The van der Waals surface area contributed by atoms with Gasteiger partial charge in [0.25, 0.3) is 0 Å². The minimum Gasteiger partial charge on any atom is -0.759 e. The average Bonchev–Trinajstić information content (AvgIpc) is 0.722. The van der Waals surface area contributed by atoms with Gasteiger partial charge >= 0.3 is 16.5 Å². The molecule has 7 heavy (non-hydrogen) atoms. The van der Waals surface area contributed by atoms with Gasteiger partial charge in [0.1, 0.15) is 0 Å². The SMILES string of the molecule is O=S(=O)([O-])[O-].[AlH3].[Ni+2]. The molecule has 0 aromatic heterocycles. The second-order valence-electron chi connectivity index (χ2n) is 0.408. The molecule has 0 aromatic carbocycles. The van der Waals surface area contributed by atoms with Crippen molar-refractivity contribution in [1.82, 2.24) is 0 Å². The van der Waals surface area contributed by atoms with Crippen LogP contribution in [0.1, 0.15) is 0 Å². The van der Waals surface area contributed by atoms with E-state index in [1.165, 1.54) is 0 Å². The summed E-state index contributed by atoms with van der Waals surface area (Å²) in [5.41, 5.74) is 0. The molecule has 0 saturated carbocycles. The molecule has 4 nitrogen and oxygen atoms in total. The molecule has 0 atom stereocenters. The summed E-state index contributed by atoms with van der Waals surface area (Å²) < 4.78 is 34.1. The predicted octanol–water partition coefficient (Wildman–Crippen LogP) is -2.52. The Balaban J connectivity index is -0.0000000800. The van der Waals surface area contributed by atoms with Crippen LogP contribution in [-0.4, -0.2) is 34.9 Å². The van der Waals surface area contributed by atoms with Gasteiger partial charge in [0.2, 0.25) is 0 Å². The maximum absolute atomic E-state index is 8.52. The smallest absolute Gasteiger partial charge is 0.759 e. The topological polar surface area (TPSA) is 80.3 Å². The second kappa shape index (κ2) is 5.04. The van der Waals surface area contributed by atoms with E-state index in [-0.39, 0.29) is 33.9 Å². The molecule has 0 fully saturated rings. The Morgan fingerprint density at radius 3 is 1.14 bits per heavy atom. The average molecular weight is 185 g/mol. The zero-order valence-corrected chi connectivity index (χ0v) is 4.16. The number of rotatable bonds is 0. The summed E-state index contributed by atoms with van der Waals surface area (Å²) in [6.07, 6.45) is 0. The standard InChI is InChI=1S/Al.Ni.H2O4S.3H/c;;1-5(2,3)4;;;/h;;(H2,1,2,3,4);;;/q;+2;;;;/p-2. The van der Waals surface area contributed by atoms with Crippen molar-refractivity contribution in [2.45, 2.75) is 0 Å². The Kier molecular flexibility index (Phi) is 11.3. The molecule has 0 amide bonds. The molecule has 0 bridgehead atoms. The summed E-state index contributed by atoms with van der Waals surface area (Å²) in [6.45, 7) is 0. The normalized spacial score (nSPS) is 8.29. The molecule has 0 rings (SSSR count). The summed E-state index contributed by atoms with van der Waals surface area (Å²) >= 11 is 0. The van der Waals surface area contributed by atoms with E-state index in [0.29, 0.717) is 0 Å². The maximum atomic E-state index is 8.52. The molecule has 0 aromatic rings. The summed E-state index contributed by atoms with van der Waals surface area (Å²) in [5, 5.41) is 0. The fourth-order valence-electron chi connectivity index (χ4n) is 0. The summed E-state index contributed by atoms with van der Waals surface area (Å²) in [7, 11) is -5.17. The fraction of sp³-hybridized carbons (Fsp3) is 0. The molecule has 0 saturated heterocycles. The van der Waals surface area contributed by atoms with E-state index in [0.717, 1.165) is 0 Å². The van der Waals surface area contributed by atoms with Gasteiger partial charge in [-0.1, -0.05) is 0 Å². The summed E-state index contributed by atoms with van der Waals surface area (Å²) in [5.74, 6) is 0. The number of hydrogen-bond donors (Lipinski definition) is 0. The molecule has 0 heterocycles. The Bertz CT molecular complexity index is 94.9. The van der Waals surface area contributed by atoms with Gasteiger partial charge in [-0.3, -0.25) is 8.42 Å². The fourth-order valence-corrected chi connectivity index (χ4v) is 0. The van der Waals surface area contributed by atoms with Crippen LogP contribution in [0.2, 0.25) is 0 Å². The van der Waals surface area contributed by atoms with E-state index in [4.69, 9.17) is 17.5 Å². The predicted molar refractivity (Wildman–Crippen MR) is 20.4 cm³/mol. The molecule has 0 unspecified atom stereocenters. The third-order valence-electron chi connectivity index (χ3n) is 0. The van der Waals surface area contributed by atoms with E-state index < -0.39 is 10.4 Å². The first kappa shape index (κ1) is 15.7. The molecular formula is H3AlNiO4S. The van der Waals surface area contributed by atoms with E-state index in [2.05, 4.69) is 0 Å². The van der Waals surface area contributed by atoms with Gasteiger partial charge in [0, 0.05) is 10.4 Å². The van der Waals surface area contributed by atoms with Crippen LogP contribution in [0.4, 0.5) is 0 Å². The maximum Gasteiger partial charge on any atom is 2.00 e. The molecule has 7 heteroatoms. The Morgan fingerprint density at radius 1 is 1.14 bits per heavy atom. The van der Waals surface area contributed by atoms with Crippen molar-refractivity contribution in [3.05, 3.63) is 0 Å². The van der Waals surface area contributed by atoms with Crippen LogP contribution in [0.5, 0.6) is 0 Å². The van der Waals surface area contributed by atoms with Gasteiger partial charge in [-0.05, 0) is 0 Å². The van der Waals surface area contributed by atoms with Crippen LogP contribution in [0.25, 0.3) is 0 Å². The molecule has 0 aliphatic carbocycles. The molecule has 0 spiro atoms. The summed E-state index contributed by atoms with van der Waals surface area (Å²) in [6, 6.07) is 0. The van der Waals surface area contributed by atoms with E-state index in [9.17, 15) is 0 Å². The largest absolute Gasteiger partial charge is 2.00 e. The Hall–Kier alpha value is 0.896. The first-order valence-electron chi connectivity index (χ1n) is 0.667. The Morgan fingerprint density at radius 2 is 1.14 bits per heavy atom. The molecule has 0 N–H and O–H groups in total. The number of hydrogen-bond acceptors (Lipinski definition) is 4. The molecule has 0 aliphatic rings. The molecular weight excluding hydrogens is 182 g/mol. The first-order chi connectivity index (χ1) is 2.00. The van der Waals surface area contributed by atoms with Crippen molar-refractivity contribution >= 4 is 27.8 Å². The van der Waals surface area contributed by atoms with Gasteiger partial charge in [0.15, 0.2) is 17.4 Å². The van der Waals surface area contributed by atoms with Crippen molar-refractivity contribution in [3.8, 4) is 0 Å². The van der Waals surface area contributed by atoms with Gasteiger partial charge in [-0.25, -0.2) is 0 Å². The minimum atomic E-state index is -5.17. The van der Waals surface area contributed by atoms with E-state index >= 15 is 0 Å². The van der Waals surface area contributed by atoms with Crippen LogP contribution < -0.4 is 0 Å². The van der Waals surface area contributed by atoms with Crippen LogP contribution in [0.3, 0.4) is 0 Å². The van der Waals surface area contributed by atoms with Crippen LogP contribution in [0.15, 0.2) is 0 Å². The molecule has 0 aliphatic heterocycles. The zero-order valence-electron chi connectivity index (χ0n) is 2.36. The van der Waals surface area contributed by atoms with Crippen molar-refractivity contribution < 1.29 is 34.0 Å². The zero-order chi connectivity index (χ0) is 4.50.